The number of hydrogen-bond acceptors (Lipinski definition) is 11. The third-order valence-electron chi connectivity index (χ3n) is 6.82. The van der Waals surface area contributed by atoms with Gasteiger partial charge in [-0.25, -0.2) is 4.98 Å². The van der Waals surface area contributed by atoms with Crippen LogP contribution >= 0.6 is 0 Å². The van der Waals surface area contributed by atoms with Gasteiger partial charge in [0.1, 0.15) is 5.78 Å². The Balaban J connectivity index is 2.12. The van der Waals surface area contributed by atoms with E-state index in [9.17, 15) is 33.2 Å². The van der Waals surface area contributed by atoms with Crippen molar-refractivity contribution in [3.8, 4) is 0 Å². The average molecular weight is 683 g/mol. The lowest BCUT2D eigenvalue weighted by Gasteiger charge is -2.18. The molecule has 1 aromatic heterocycles. The summed E-state index contributed by atoms with van der Waals surface area (Å²) in [5, 5.41) is 10.3. The first-order chi connectivity index (χ1) is 23.2. The molecule has 1 atom stereocenters. The van der Waals surface area contributed by atoms with Crippen LogP contribution in [0.5, 0.6) is 0 Å². The molecular weight excluding hydrogens is 632 g/mol. The number of carbonyl (C=O) groups excluding carboxylic acids is 6. The Kier molecular flexibility index (Phi) is 23.8. The summed E-state index contributed by atoms with van der Waals surface area (Å²) in [5.74, 6) is -2.15. The van der Waals surface area contributed by atoms with Crippen molar-refractivity contribution in [3.05, 3.63) is 29.8 Å². The van der Waals surface area contributed by atoms with Gasteiger partial charge in [0.15, 0.2) is 5.78 Å². The van der Waals surface area contributed by atoms with E-state index in [4.69, 9.17) is 18.9 Å². The highest BCUT2D eigenvalue weighted by molar-refractivity contribution is 5.93. The summed E-state index contributed by atoms with van der Waals surface area (Å²) in [6.07, 6.45) is 3.14. The minimum absolute atomic E-state index is 0.0157. The normalized spacial score (nSPS) is 11.4. The van der Waals surface area contributed by atoms with Crippen LogP contribution in [0.3, 0.4) is 0 Å². The predicted octanol–water partition coefficient (Wildman–Crippen LogP) is 0.643. The molecule has 4 N–H and O–H groups in total. The molecule has 0 aliphatic carbocycles. The van der Waals surface area contributed by atoms with Gasteiger partial charge in [-0.1, -0.05) is 6.42 Å². The molecule has 1 aromatic rings. The van der Waals surface area contributed by atoms with Gasteiger partial charge in [0, 0.05) is 65.4 Å². The molecule has 15 nitrogen and oxygen atoms in total. The van der Waals surface area contributed by atoms with Crippen molar-refractivity contribution in [2.45, 2.75) is 63.8 Å². The zero-order valence-electron chi connectivity index (χ0n) is 27.9. The summed E-state index contributed by atoms with van der Waals surface area (Å²) in [7, 11) is 2.99. The molecule has 0 saturated carbocycles. The van der Waals surface area contributed by atoms with Crippen molar-refractivity contribution in [1.29, 1.82) is 0 Å². The van der Waals surface area contributed by atoms with Crippen LogP contribution in [0.25, 0.3) is 0 Å². The first-order valence-electron chi connectivity index (χ1n) is 16.1. The summed E-state index contributed by atoms with van der Waals surface area (Å²) >= 11 is 0. The van der Waals surface area contributed by atoms with Crippen molar-refractivity contribution >= 4 is 35.2 Å². The van der Waals surface area contributed by atoms with E-state index in [1.165, 1.54) is 20.2 Å². The molecule has 0 radical (unpaired) electrons. The second-order valence-electron chi connectivity index (χ2n) is 10.5. The molecule has 0 spiro atoms. The molecule has 0 bridgehead atoms. The Morgan fingerprint density at radius 3 is 1.85 bits per heavy atom. The Hall–Kier alpha value is -3.86. The second kappa shape index (κ2) is 27.1. The molecule has 0 saturated heterocycles. The van der Waals surface area contributed by atoms with Crippen molar-refractivity contribution in [3.63, 3.8) is 0 Å². The van der Waals surface area contributed by atoms with E-state index in [-0.39, 0.29) is 106 Å². The Labute approximate surface area is 280 Å². The van der Waals surface area contributed by atoms with E-state index >= 15 is 0 Å². The molecule has 48 heavy (non-hydrogen) atoms. The zero-order valence-corrected chi connectivity index (χ0v) is 27.9. The van der Waals surface area contributed by atoms with Crippen LogP contribution in [0.2, 0.25) is 0 Å². The van der Waals surface area contributed by atoms with Gasteiger partial charge in [-0.2, -0.15) is 4.39 Å². The van der Waals surface area contributed by atoms with E-state index in [0.29, 0.717) is 52.3 Å². The molecule has 0 aliphatic rings. The van der Waals surface area contributed by atoms with Gasteiger partial charge in [0.2, 0.25) is 23.7 Å². The quantitative estimate of drug-likeness (QED) is 0.0683. The Morgan fingerprint density at radius 1 is 0.688 bits per heavy atom. The fourth-order valence-corrected chi connectivity index (χ4v) is 4.07. The number of ketones is 2. The molecule has 270 valence electrons. The molecule has 0 aromatic carbocycles. The molecular formula is C32H50FN5O10. The van der Waals surface area contributed by atoms with Crippen molar-refractivity contribution in [2.24, 2.45) is 0 Å². The maximum atomic E-state index is 12.8. The van der Waals surface area contributed by atoms with Gasteiger partial charge in [-0.3, -0.25) is 28.8 Å². The summed E-state index contributed by atoms with van der Waals surface area (Å²) < 4.78 is 34.5. The number of rotatable bonds is 29. The van der Waals surface area contributed by atoms with Crippen LogP contribution in [0.15, 0.2) is 18.3 Å². The standard InChI is InChI=1S/C32H50FN5O10/c1-34-29(41)11-8-25(39)5-3-4-6-26(27(40)9-12-30(42)35-2)38-31(43)13-15-45-17-19-47-21-22-48-20-18-46-16-14-36-32(44)24-7-10-28(33)37-23-24/h7,10,23,26H,3-6,8-9,11-22H2,1-2H3,(H,34,41)(H,35,42)(H,36,44)(H,38,43)/t26-/m0/s1/i33-1. The number of halogens is 1. The van der Waals surface area contributed by atoms with Crippen LogP contribution < -0.4 is 21.3 Å². The topological polar surface area (TPSA) is 200 Å². The fraction of sp³-hybridized carbons (Fsp3) is 0.656. The number of nitrogens with one attached hydrogen (secondary N) is 4. The average Bonchev–Trinajstić information content (AvgIpc) is 3.08. The van der Waals surface area contributed by atoms with Gasteiger partial charge in [0.05, 0.1) is 64.5 Å². The Bertz CT molecular complexity index is 1120. The number of Topliss-reactive ketones (excluding diaryl/α,β-unsaturated/α-hetero) is 2. The molecule has 0 unspecified atom stereocenters. The molecule has 4 amide bonds. The van der Waals surface area contributed by atoms with E-state index in [1.54, 1.807) is 0 Å². The molecule has 0 fully saturated rings. The highest BCUT2D eigenvalue weighted by Crippen LogP contribution is 2.10. The number of aromatic nitrogens is 1. The summed E-state index contributed by atoms with van der Waals surface area (Å²) in [4.78, 5) is 75.4. The summed E-state index contributed by atoms with van der Waals surface area (Å²) in [6.45, 7) is 2.62. The number of carbonyl (C=O) groups is 6. The van der Waals surface area contributed by atoms with Crippen LogP contribution in [-0.4, -0.2) is 120 Å². The third-order valence-corrected chi connectivity index (χ3v) is 6.82. The number of pyridine rings is 1. The first kappa shape index (κ1) is 42.2. The lowest BCUT2D eigenvalue weighted by molar-refractivity contribution is -0.129. The lowest BCUT2D eigenvalue weighted by Crippen LogP contribution is -2.41. The largest absolute Gasteiger partial charge is 0.379 e. The first-order valence-corrected chi connectivity index (χ1v) is 16.1. The highest BCUT2D eigenvalue weighted by atomic mass is 18.2. The van der Waals surface area contributed by atoms with Crippen LogP contribution in [0, 0.1) is 5.95 Å². The zero-order chi connectivity index (χ0) is 35.4. The summed E-state index contributed by atoms with van der Waals surface area (Å²) in [5.41, 5.74) is 0.260. The maximum absolute atomic E-state index is 12.8. The minimum Gasteiger partial charge on any atom is -0.379 e. The number of amides is 4. The molecule has 16 heteroatoms. The van der Waals surface area contributed by atoms with Crippen molar-refractivity contribution < 1.29 is 52.1 Å². The monoisotopic (exact) mass is 682 g/mol. The molecule has 1 heterocycles. The van der Waals surface area contributed by atoms with Crippen LogP contribution in [0.4, 0.5) is 4.39 Å². The number of ether oxygens (including phenoxy) is 4. The SMILES string of the molecule is CNC(=O)CCC(=O)CCCC[C@H](NC(=O)CCOCCOCCOCCOCCNC(=O)c1ccc([18F])nc1)C(=O)CCC(=O)NC. The number of hydrogen-bond donors (Lipinski definition) is 4. The lowest BCUT2D eigenvalue weighted by atomic mass is 9.99. The Morgan fingerprint density at radius 2 is 1.27 bits per heavy atom. The van der Waals surface area contributed by atoms with E-state index in [0.717, 1.165) is 12.3 Å². The van der Waals surface area contributed by atoms with E-state index in [2.05, 4.69) is 26.3 Å². The number of unbranched alkanes of at least 4 members (excludes halogenated alkanes) is 1. The van der Waals surface area contributed by atoms with Gasteiger partial charge in [0.25, 0.3) is 5.91 Å². The maximum Gasteiger partial charge on any atom is 0.252 e. The third kappa shape index (κ3) is 21.8. The van der Waals surface area contributed by atoms with Crippen LogP contribution in [0.1, 0.15) is 68.1 Å². The van der Waals surface area contributed by atoms with Gasteiger partial charge >= 0.3 is 0 Å². The van der Waals surface area contributed by atoms with Gasteiger partial charge in [-0.15, -0.1) is 0 Å². The van der Waals surface area contributed by atoms with Crippen molar-refractivity contribution in [1.82, 2.24) is 26.3 Å². The smallest absolute Gasteiger partial charge is 0.252 e. The van der Waals surface area contributed by atoms with Gasteiger partial charge in [-0.05, 0) is 25.0 Å². The summed E-state index contributed by atoms with van der Waals surface area (Å²) in [6, 6.07) is 1.68. The van der Waals surface area contributed by atoms with E-state index < -0.39 is 12.0 Å². The fourth-order valence-electron chi connectivity index (χ4n) is 4.07. The van der Waals surface area contributed by atoms with E-state index in [1.807, 2.05) is 0 Å². The second-order valence-corrected chi connectivity index (χ2v) is 10.5. The minimum atomic E-state index is -0.775. The predicted molar refractivity (Wildman–Crippen MR) is 171 cm³/mol. The molecule has 0 aliphatic heterocycles. The van der Waals surface area contributed by atoms with Crippen molar-refractivity contribution in [2.75, 3.05) is 73.5 Å². The van der Waals surface area contributed by atoms with Gasteiger partial charge < -0.3 is 40.2 Å². The highest BCUT2D eigenvalue weighted by Gasteiger charge is 2.21. The van der Waals surface area contributed by atoms with Crippen LogP contribution in [-0.2, 0) is 42.9 Å². The molecule has 1 rings (SSSR count). The number of nitrogens with zero attached hydrogens (tertiary/aromatic N) is 1.